The van der Waals surface area contributed by atoms with Gasteiger partial charge >= 0.3 is 0 Å². The van der Waals surface area contributed by atoms with E-state index >= 15 is 0 Å². The third-order valence-corrected chi connectivity index (χ3v) is 5.61. The number of amides is 1. The molecule has 0 aliphatic carbocycles. The highest BCUT2D eigenvalue weighted by atomic mass is 35.5. The van der Waals surface area contributed by atoms with Crippen molar-refractivity contribution in [1.29, 1.82) is 0 Å². The van der Waals surface area contributed by atoms with Gasteiger partial charge in [0.25, 0.3) is 5.91 Å². The van der Waals surface area contributed by atoms with Crippen LogP contribution in [0.25, 0.3) is 6.08 Å². The van der Waals surface area contributed by atoms with Crippen molar-refractivity contribution in [1.82, 2.24) is 0 Å². The lowest BCUT2D eigenvalue weighted by Crippen LogP contribution is -2.25. The number of benzene rings is 3. The van der Waals surface area contributed by atoms with Crippen LogP contribution in [0.2, 0.25) is 5.02 Å². The molecular weight excluding hydrogens is 519 g/mol. The molecule has 1 heterocycles. The first-order chi connectivity index (χ1) is 17.6. The summed E-state index contributed by atoms with van der Waals surface area (Å²) in [4.78, 5) is 12.9. The van der Waals surface area contributed by atoms with Gasteiger partial charge in [0.05, 0.1) is 22.9 Å². The molecule has 11 heteroatoms. The van der Waals surface area contributed by atoms with Gasteiger partial charge in [-0.15, -0.1) is 0 Å². The Morgan fingerprint density at radius 3 is 2.19 bits per heavy atom. The molecule has 0 N–H and O–H groups in total. The van der Waals surface area contributed by atoms with Gasteiger partial charge in [-0.1, -0.05) is 41.9 Å². The van der Waals surface area contributed by atoms with E-state index in [-0.39, 0.29) is 46.0 Å². The number of hydrogen-bond donors (Lipinski definition) is 0. The fourth-order valence-corrected chi connectivity index (χ4v) is 3.86. The van der Waals surface area contributed by atoms with Crippen LogP contribution < -0.4 is 14.5 Å². The SMILES string of the molecule is CCOc1cc(/C=C2/C(=O)N(c3c(F)c(F)c(F)c(F)c3F)N=C2C)cc(Cl)c1OCc1ccccc1. The third-order valence-electron chi connectivity index (χ3n) is 5.33. The van der Waals surface area contributed by atoms with Crippen molar-refractivity contribution in [2.45, 2.75) is 20.5 Å². The van der Waals surface area contributed by atoms with E-state index in [0.717, 1.165) is 5.56 Å². The van der Waals surface area contributed by atoms with Crippen molar-refractivity contribution in [3.63, 3.8) is 0 Å². The zero-order chi connectivity index (χ0) is 26.9. The minimum Gasteiger partial charge on any atom is -0.490 e. The maximum atomic E-state index is 14.3. The van der Waals surface area contributed by atoms with Gasteiger partial charge in [-0.05, 0) is 43.2 Å². The largest absolute Gasteiger partial charge is 0.490 e. The van der Waals surface area contributed by atoms with Crippen LogP contribution in [0.15, 0.2) is 53.1 Å². The van der Waals surface area contributed by atoms with Crippen LogP contribution in [0.5, 0.6) is 11.5 Å². The fraction of sp³-hybridized carbons (Fsp3) is 0.154. The number of hydrazone groups is 1. The van der Waals surface area contributed by atoms with E-state index in [4.69, 9.17) is 21.1 Å². The van der Waals surface area contributed by atoms with Gasteiger partial charge in [0.1, 0.15) is 12.3 Å². The van der Waals surface area contributed by atoms with Crippen LogP contribution >= 0.6 is 11.6 Å². The first-order valence-corrected chi connectivity index (χ1v) is 11.3. The summed E-state index contributed by atoms with van der Waals surface area (Å²) < 4.78 is 80.9. The molecule has 1 amide bonds. The van der Waals surface area contributed by atoms with Crippen LogP contribution in [0.1, 0.15) is 25.0 Å². The van der Waals surface area contributed by atoms with Crippen LogP contribution in [0.4, 0.5) is 27.6 Å². The van der Waals surface area contributed by atoms with Crippen molar-refractivity contribution >= 4 is 35.0 Å². The molecule has 4 rings (SSSR count). The smallest absolute Gasteiger partial charge is 0.280 e. The average molecular weight is 537 g/mol. The normalized spacial score (nSPS) is 14.4. The molecule has 0 bridgehead atoms. The lowest BCUT2D eigenvalue weighted by Gasteiger charge is -2.15. The zero-order valence-corrected chi connectivity index (χ0v) is 20.2. The number of halogens is 6. The quantitative estimate of drug-likeness (QED) is 0.144. The van der Waals surface area contributed by atoms with Crippen LogP contribution in [0.3, 0.4) is 0 Å². The summed E-state index contributed by atoms with van der Waals surface area (Å²) in [5.74, 6) is -11.6. The number of ether oxygens (including phenoxy) is 2. The molecule has 3 aromatic carbocycles. The summed E-state index contributed by atoms with van der Waals surface area (Å²) in [7, 11) is 0. The molecular formula is C26H18ClF5N2O3. The number of carbonyl (C=O) groups is 1. The molecule has 0 spiro atoms. The standard InChI is InChI=1S/C26H18ClF5N2O3/c1-3-36-18-11-15(10-17(27)25(18)37-12-14-7-5-4-6-8-14)9-16-13(2)33-34(26(16)35)24-22(31)20(29)19(28)21(30)23(24)32/h4-11H,3,12H2,1-2H3/b16-9+. The van der Waals surface area contributed by atoms with Gasteiger partial charge in [-0.3, -0.25) is 4.79 Å². The van der Waals surface area contributed by atoms with Crippen molar-refractivity contribution < 1.29 is 36.2 Å². The lowest BCUT2D eigenvalue weighted by atomic mass is 10.1. The van der Waals surface area contributed by atoms with Gasteiger partial charge in [-0.25, -0.2) is 22.0 Å². The second kappa shape index (κ2) is 10.6. The van der Waals surface area contributed by atoms with Crippen molar-refractivity contribution in [3.8, 4) is 11.5 Å². The maximum absolute atomic E-state index is 14.3. The highest BCUT2D eigenvalue weighted by molar-refractivity contribution is 6.33. The van der Waals surface area contributed by atoms with Crippen LogP contribution in [-0.4, -0.2) is 18.2 Å². The van der Waals surface area contributed by atoms with Crippen molar-refractivity contribution in [2.24, 2.45) is 5.10 Å². The Hall–Kier alpha value is -3.92. The molecule has 0 atom stereocenters. The monoisotopic (exact) mass is 536 g/mol. The van der Waals surface area contributed by atoms with Gasteiger partial charge in [0.15, 0.2) is 34.8 Å². The number of hydrogen-bond acceptors (Lipinski definition) is 4. The summed E-state index contributed by atoms with van der Waals surface area (Å²) in [5.41, 5.74) is -0.406. The van der Waals surface area contributed by atoms with E-state index in [2.05, 4.69) is 5.10 Å². The zero-order valence-electron chi connectivity index (χ0n) is 19.4. The molecule has 0 saturated heterocycles. The second-order valence-corrected chi connectivity index (χ2v) is 8.22. The summed E-state index contributed by atoms with van der Waals surface area (Å²) in [6.45, 7) is 3.57. The average Bonchev–Trinajstić information content (AvgIpc) is 3.15. The number of carbonyl (C=O) groups excluding carboxylic acids is 1. The predicted molar refractivity (Wildman–Crippen MR) is 128 cm³/mol. The van der Waals surface area contributed by atoms with Gasteiger partial charge in [0, 0.05) is 0 Å². The third kappa shape index (κ3) is 5.01. The van der Waals surface area contributed by atoms with Crippen molar-refractivity contribution in [3.05, 3.63) is 93.3 Å². The Morgan fingerprint density at radius 1 is 0.946 bits per heavy atom. The molecule has 0 saturated carbocycles. The second-order valence-electron chi connectivity index (χ2n) is 7.82. The minimum absolute atomic E-state index is 0.0209. The molecule has 0 fully saturated rings. The van der Waals surface area contributed by atoms with Crippen molar-refractivity contribution in [2.75, 3.05) is 11.6 Å². The molecule has 0 aromatic heterocycles. The van der Waals surface area contributed by atoms with Gasteiger partial charge in [0.2, 0.25) is 5.82 Å². The van der Waals surface area contributed by atoms with E-state index in [9.17, 15) is 26.7 Å². The molecule has 37 heavy (non-hydrogen) atoms. The van der Waals surface area contributed by atoms with E-state index in [1.807, 2.05) is 30.3 Å². The lowest BCUT2D eigenvalue weighted by molar-refractivity contribution is -0.114. The molecule has 5 nitrogen and oxygen atoms in total. The Balaban J connectivity index is 1.68. The summed E-state index contributed by atoms with van der Waals surface area (Å²) in [6.07, 6.45) is 1.31. The predicted octanol–water partition coefficient (Wildman–Crippen LogP) is 6.82. The van der Waals surface area contributed by atoms with Gasteiger partial charge in [-0.2, -0.15) is 10.1 Å². The number of nitrogens with zero attached hydrogens (tertiary/aromatic N) is 2. The van der Waals surface area contributed by atoms with E-state index in [1.54, 1.807) is 6.92 Å². The Morgan fingerprint density at radius 2 is 1.57 bits per heavy atom. The highest BCUT2D eigenvalue weighted by Gasteiger charge is 2.37. The molecule has 0 radical (unpaired) electrons. The Labute approximate surface area is 213 Å². The Kier molecular flexibility index (Phi) is 7.49. The first kappa shape index (κ1) is 26.2. The number of rotatable bonds is 7. The number of anilines is 1. The fourth-order valence-electron chi connectivity index (χ4n) is 3.59. The summed E-state index contributed by atoms with van der Waals surface area (Å²) in [6, 6.07) is 12.3. The topological polar surface area (TPSA) is 51.1 Å². The van der Waals surface area contributed by atoms with E-state index < -0.39 is 40.7 Å². The highest BCUT2D eigenvalue weighted by Crippen LogP contribution is 2.39. The first-order valence-electron chi connectivity index (χ1n) is 10.9. The molecule has 0 unspecified atom stereocenters. The maximum Gasteiger partial charge on any atom is 0.280 e. The van der Waals surface area contributed by atoms with E-state index in [0.29, 0.717) is 5.56 Å². The molecule has 3 aromatic rings. The van der Waals surface area contributed by atoms with Gasteiger partial charge < -0.3 is 9.47 Å². The summed E-state index contributed by atoms with van der Waals surface area (Å²) >= 11 is 6.43. The molecule has 1 aliphatic rings. The molecule has 192 valence electrons. The molecule has 1 aliphatic heterocycles. The summed E-state index contributed by atoms with van der Waals surface area (Å²) in [5, 5.41) is 4.02. The van der Waals surface area contributed by atoms with Crippen LogP contribution in [-0.2, 0) is 11.4 Å². The van der Waals surface area contributed by atoms with Crippen LogP contribution in [0, 0.1) is 29.1 Å². The van der Waals surface area contributed by atoms with E-state index in [1.165, 1.54) is 25.1 Å². The Bertz CT molecular complexity index is 1420. The minimum atomic E-state index is -2.34.